The zero-order valence-corrected chi connectivity index (χ0v) is 11.3. The minimum atomic E-state index is -0.215. The van der Waals surface area contributed by atoms with Gasteiger partial charge < -0.3 is 15.0 Å². The number of para-hydroxylation sites is 2. The summed E-state index contributed by atoms with van der Waals surface area (Å²) in [5, 5.41) is 2.85. The molecule has 0 aliphatic heterocycles. The number of imidazole rings is 1. The second-order valence-corrected chi connectivity index (χ2v) is 5.09. The van der Waals surface area contributed by atoms with Crippen LogP contribution in [0.15, 0.2) is 30.5 Å². The predicted octanol–water partition coefficient (Wildman–Crippen LogP) is 2.76. The van der Waals surface area contributed by atoms with Crippen molar-refractivity contribution < 1.29 is 9.53 Å². The van der Waals surface area contributed by atoms with Crippen LogP contribution in [-0.2, 0) is 0 Å². The van der Waals surface area contributed by atoms with Gasteiger partial charge in [0.2, 0.25) is 0 Å². The van der Waals surface area contributed by atoms with Crippen LogP contribution in [0.5, 0.6) is 5.75 Å². The number of nitrogens with one attached hydrogen (secondary N) is 2. The minimum absolute atomic E-state index is 0.215. The molecular formula is C15H17N3O2. The first-order valence-electron chi connectivity index (χ1n) is 6.77. The van der Waals surface area contributed by atoms with Crippen LogP contribution in [0.1, 0.15) is 29.2 Å². The number of nitrogens with zero attached hydrogens (tertiary/aromatic N) is 1. The molecule has 104 valence electrons. The van der Waals surface area contributed by atoms with Crippen LogP contribution in [-0.4, -0.2) is 22.5 Å². The van der Waals surface area contributed by atoms with E-state index in [0.717, 1.165) is 6.61 Å². The lowest BCUT2D eigenvalue weighted by Crippen LogP contribution is -2.13. The van der Waals surface area contributed by atoms with Crippen molar-refractivity contribution in [3.05, 3.63) is 42.0 Å². The molecule has 1 amide bonds. The van der Waals surface area contributed by atoms with E-state index in [1.807, 2.05) is 31.2 Å². The Bertz CT molecular complexity index is 617. The van der Waals surface area contributed by atoms with Gasteiger partial charge in [-0.1, -0.05) is 12.1 Å². The van der Waals surface area contributed by atoms with Gasteiger partial charge in [-0.3, -0.25) is 4.79 Å². The summed E-state index contributed by atoms with van der Waals surface area (Å²) in [6.07, 6.45) is 4.00. The van der Waals surface area contributed by atoms with Crippen molar-refractivity contribution in [2.24, 2.45) is 5.92 Å². The standard InChI is InChI=1S/C15H17N3O2/c1-10-16-8-13(17-10)15(19)18-12-4-2-3-5-14(12)20-9-11-6-7-11/h2-5,8,11H,6-7,9H2,1H3,(H,16,17)(H,18,19). The SMILES string of the molecule is Cc1ncc(C(=O)Nc2ccccc2OCC2CC2)[nH]1. The molecule has 1 fully saturated rings. The number of anilines is 1. The van der Waals surface area contributed by atoms with Gasteiger partial charge in [0.25, 0.3) is 5.91 Å². The predicted molar refractivity (Wildman–Crippen MR) is 75.9 cm³/mol. The van der Waals surface area contributed by atoms with Gasteiger partial charge in [-0.05, 0) is 37.8 Å². The van der Waals surface area contributed by atoms with Crippen LogP contribution in [0.25, 0.3) is 0 Å². The molecule has 2 N–H and O–H groups in total. The number of aromatic nitrogens is 2. The van der Waals surface area contributed by atoms with Crippen LogP contribution in [0.2, 0.25) is 0 Å². The Morgan fingerprint density at radius 1 is 1.45 bits per heavy atom. The first-order chi connectivity index (χ1) is 9.72. The van der Waals surface area contributed by atoms with Crippen molar-refractivity contribution in [1.82, 2.24) is 9.97 Å². The number of hydrogen-bond acceptors (Lipinski definition) is 3. The monoisotopic (exact) mass is 271 g/mol. The molecule has 0 unspecified atom stereocenters. The van der Waals surface area contributed by atoms with E-state index in [0.29, 0.717) is 28.9 Å². The third-order valence-corrected chi connectivity index (χ3v) is 3.25. The van der Waals surface area contributed by atoms with Gasteiger partial charge in [0.15, 0.2) is 0 Å². The van der Waals surface area contributed by atoms with E-state index in [1.165, 1.54) is 19.0 Å². The zero-order chi connectivity index (χ0) is 13.9. The number of aryl methyl sites for hydroxylation is 1. The van der Waals surface area contributed by atoms with Crippen molar-refractivity contribution in [3.63, 3.8) is 0 Å². The molecule has 0 radical (unpaired) electrons. The van der Waals surface area contributed by atoms with Gasteiger partial charge in [-0.25, -0.2) is 4.98 Å². The number of ether oxygens (including phenoxy) is 1. The Labute approximate surface area is 117 Å². The van der Waals surface area contributed by atoms with E-state index in [4.69, 9.17) is 4.74 Å². The van der Waals surface area contributed by atoms with Gasteiger partial charge in [-0.2, -0.15) is 0 Å². The first-order valence-corrected chi connectivity index (χ1v) is 6.77. The largest absolute Gasteiger partial charge is 0.491 e. The van der Waals surface area contributed by atoms with Crippen molar-refractivity contribution in [3.8, 4) is 5.75 Å². The van der Waals surface area contributed by atoms with Crippen molar-refractivity contribution in [1.29, 1.82) is 0 Å². The van der Waals surface area contributed by atoms with Gasteiger partial charge in [0.05, 0.1) is 18.5 Å². The lowest BCUT2D eigenvalue weighted by Gasteiger charge is -2.11. The maximum atomic E-state index is 12.1. The fourth-order valence-electron chi connectivity index (χ4n) is 1.91. The van der Waals surface area contributed by atoms with Gasteiger partial charge in [0.1, 0.15) is 17.3 Å². The lowest BCUT2D eigenvalue weighted by atomic mass is 10.3. The second-order valence-electron chi connectivity index (χ2n) is 5.09. The minimum Gasteiger partial charge on any atom is -0.491 e. The summed E-state index contributed by atoms with van der Waals surface area (Å²) in [6, 6.07) is 7.48. The van der Waals surface area contributed by atoms with Crippen LogP contribution in [0.3, 0.4) is 0 Å². The molecule has 0 atom stereocenters. The molecular weight excluding hydrogens is 254 g/mol. The third-order valence-electron chi connectivity index (χ3n) is 3.25. The fraction of sp³-hybridized carbons (Fsp3) is 0.333. The topological polar surface area (TPSA) is 67.0 Å². The highest BCUT2D eigenvalue weighted by Gasteiger charge is 2.22. The number of hydrogen-bond donors (Lipinski definition) is 2. The fourth-order valence-corrected chi connectivity index (χ4v) is 1.91. The van der Waals surface area contributed by atoms with Crippen LogP contribution in [0, 0.1) is 12.8 Å². The number of carbonyl (C=O) groups is 1. The van der Waals surface area contributed by atoms with Crippen LogP contribution in [0.4, 0.5) is 5.69 Å². The summed E-state index contributed by atoms with van der Waals surface area (Å²) in [6.45, 7) is 2.53. The molecule has 2 aromatic rings. The molecule has 3 rings (SSSR count). The summed E-state index contributed by atoms with van der Waals surface area (Å²) in [4.78, 5) is 19.0. The average Bonchev–Trinajstić information content (AvgIpc) is 3.18. The number of aromatic amines is 1. The average molecular weight is 271 g/mol. The summed E-state index contributed by atoms with van der Waals surface area (Å²) in [7, 11) is 0. The maximum absolute atomic E-state index is 12.1. The molecule has 0 bridgehead atoms. The Hall–Kier alpha value is -2.30. The van der Waals surface area contributed by atoms with Crippen molar-refractivity contribution in [2.45, 2.75) is 19.8 Å². The van der Waals surface area contributed by atoms with Gasteiger partial charge in [0, 0.05) is 0 Å². The molecule has 0 spiro atoms. The van der Waals surface area contributed by atoms with E-state index in [1.54, 1.807) is 0 Å². The number of benzene rings is 1. The molecule has 5 heteroatoms. The molecule has 1 aliphatic carbocycles. The number of rotatable bonds is 5. The molecule has 1 saturated carbocycles. The Morgan fingerprint density at radius 3 is 2.95 bits per heavy atom. The molecule has 0 saturated heterocycles. The smallest absolute Gasteiger partial charge is 0.273 e. The maximum Gasteiger partial charge on any atom is 0.273 e. The lowest BCUT2D eigenvalue weighted by molar-refractivity contribution is 0.102. The molecule has 20 heavy (non-hydrogen) atoms. The van der Waals surface area contributed by atoms with E-state index >= 15 is 0 Å². The third kappa shape index (κ3) is 2.99. The second kappa shape index (κ2) is 5.36. The highest BCUT2D eigenvalue weighted by molar-refractivity contribution is 6.03. The molecule has 1 aliphatic rings. The zero-order valence-electron chi connectivity index (χ0n) is 11.3. The molecule has 1 aromatic carbocycles. The number of H-pyrrole nitrogens is 1. The quantitative estimate of drug-likeness (QED) is 0.878. The molecule has 1 heterocycles. The van der Waals surface area contributed by atoms with E-state index < -0.39 is 0 Å². The Kier molecular flexibility index (Phi) is 3.41. The van der Waals surface area contributed by atoms with Gasteiger partial charge in [-0.15, -0.1) is 0 Å². The van der Waals surface area contributed by atoms with E-state index in [2.05, 4.69) is 15.3 Å². The normalized spacial score (nSPS) is 14.1. The molecule has 5 nitrogen and oxygen atoms in total. The number of carbonyl (C=O) groups excluding carboxylic acids is 1. The number of amides is 1. The summed E-state index contributed by atoms with van der Waals surface area (Å²) >= 11 is 0. The first kappa shape index (κ1) is 12.7. The Morgan fingerprint density at radius 2 is 2.25 bits per heavy atom. The van der Waals surface area contributed by atoms with Crippen molar-refractivity contribution >= 4 is 11.6 Å². The highest BCUT2D eigenvalue weighted by atomic mass is 16.5. The van der Waals surface area contributed by atoms with Crippen molar-refractivity contribution in [2.75, 3.05) is 11.9 Å². The van der Waals surface area contributed by atoms with E-state index in [-0.39, 0.29) is 5.91 Å². The highest BCUT2D eigenvalue weighted by Crippen LogP contribution is 2.31. The van der Waals surface area contributed by atoms with Gasteiger partial charge >= 0.3 is 0 Å². The van der Waals surface area contributed by atoms with Crippen LogP contribution >= 0.6 is 0 Å². The summed E-state index contributed by atoms with van der Waals surface area (Å²) in [5.74, 6) is 1.89. The Balaban J connectivity index is 1.70. The van der Waals surface area contributed by atoms with Crippen LogP contribution < -0.4 is 10.1 Å². The summed E-state index contributed by atoms with van der Waals surface area (Å²) in [5.41, 5.74) is 1.13. The molecule has 1 aromatic heterocycles. The van der Waals surface area contributed by atoms with E-state index in [9.17, 15) is 4.79 Å². The summed E-state index contributed by atoms with van der Waals surface area (Å²) < 4.78 is 5.76.